The lowest BCUT2D eigenvalue weighted by Gasteiger charge is -2.33. The number of fused-ring (bicyclic) bond motifs is 3. The van der Waals surface area contributed by atoms with Gasteiger partial charge in [0.2, 0.25) is 0 Å². The molecular weight excluding hydrogens is 386 g/mol. The predicted molar refractivity (Wildman–Crippen MR) is 112 cm³/mol. The third-order valence-corrected chi connectivity index (χ3v) is 6.02. The van der Waals surface area contributed by atoms with Crippen molar-refractivity contribution >= 4 is 16.9 Å². The van der Waals surface area contributed by atoms with E-state index in [-0.39, 0.29) is 29.8 Å². The first-order valence-electron chi connectivity index (χ1n) is 10.5. The van der Waals surface area contributed by atoms with Crippen molar-refractivity contribution in [2.45, 2.75) is 65.1 Å². The number of carbonyl (C=O) groups excluding carboxylic acids is 1. The highest BCUT2D eigenvalue weighted by atomic mass is 16.5. The van der Waals surface area contributed by atoms with Crippen molar-refractivity contribution in [3.05, 3.63) is 33.2 Å². The minimum Gasteiger partial charge on any atom is -0.487 e. The Morgan fingerprint density at radius 2 is 2.10 bits per heavy atom. The Balaban J connectivity index is 1.63. The molecule has 1 N–H and O–H groups in total. The summed E-state index contributed by atoms with van der Waals surface area (Å²) in [6.07, 6.45) is 3.62. The number of hydrogen-bond acceptors (Lipinski definition) is 6. The molecule has 1 amide bonds. The van der Waals surface area contributed by atoms with Gasteiger partial charge in [0, 0.05) is 30.3 Å². The van der Waals surface area contributed by atoms with Crippen LogP contribution < -0.4 is 20.4 Å². The van der Waals surface area contributed by atoms with Crippen LogP contribution in [0.5, 0.6) is 11.5 Å². The number of carbonyl (C=O) groups is 1. The van der Waals surface area contributed by atoms with E-state index in [9.17, 15) is 9.59 Å². The van der Waals surface area contributed by atoms with Gasteiger partial charge in [0.05, 0.1) is 11.5 Å². The van der Waals surface area contributed by atoms with Gasteiger partial charge in [0.1, 0.15) is 22.7 Å². The lowest BCUT2D eigenvalue weighted by molar-refractivity contribution is -0.123. The topological polar surface area (TPSA) is 87.0 Å². The van der Waals surface area contributed by atoms with E-state index in [2.05, 4.69) is 5.32 Å². The average molecular weight is 415 g/mol. The fourth-order valence-corrected chi connectivity index (χ4v) is 4.07. The second-order valence-electron chi connectivity index (χ2n) is 8.78. The number of amides is 1. The highest BCUT2D eigenvalue weighted by Crippen LogP contribution is 2.43. The molecule has 30 heavy (non-hydrogen) atoms. The average Bonchev–Trinajstić information content (AvgIpc) is 3.21. The first-order chi connectivity index (χ1) is 14.2. The van der Waals surface area contributed by atoms with Crippen molar-refractivity contribution in [2.75, 3.05) is 19.8 Å². The van der Waals surface area contributed by atoms with Gasteiger partial charge in [-0.2, -0.15) is 0 Å². The van der Waals surface area contributed by atoms with E-state index < -0.39 is 0 Å². The number of hydrogen-bond donors (Lipinski definition) is 1. The Morgan fingerprint density at radius 3 is 2.83 bits per heavy atom. The standard InChI is InChI=1S/C23H29NO6/c1-13-14(2)22(26)29-21-16-7-8-23(3,4)30-17(16)10-18(20(13)21)28-12-19(25)24-11-15-6-5-9-27-15/h10,15H,5-9,11-12H2,1-4H3,(H,24,25)/t15-/m0/s1. The van der Waals surface area contributed by atoms with Crippen LogP contribution in [-0.2, 0) is 16.0 Å². The van der Waals surface area contributed by atoms with Crippen LogP contribution in [0.4, 0.5) is 0 Å². The van der Waals surface area contributed by atoms with E-state index in [0.29, 0.717) is 29.2 Å². The fourth-order valence-electron chi connectivity index (χ4n) is 4.07. The molecule has 1 aromatic carbocycles. The minimum atomic E-state index is -0.363. The first-order valence-corrected chi connectivity index (χ1v) is 10.5. The van der Waals surface area contributed by atoms with E-state index in [1.807, 2.05) is 26.8 Å². The van der Waals surface area contributed by atoms with Crippen molar-refractivity contribution in [3.63, 3.8) is 0 Å². The summed E-state index contributed by atoms with van der Waals surface area (Å²) in [5, 5.41) is 3.58. The largest absolute Gasteiger partial charge is 0.487 e. The monoisotopic (exact) mass is 415 g/mol. The van der Waals surface area contributed by atoms with Crippen molar-refractivity contribution < 1.29 is 23.4 Å². The molecule has 1 saturated heterocycles. The van der Waals surface area contributed by atoms with Gasteiger partial charge in [0.25, 0.3) is 5.91 Å². The van der Waals surface area contributed by atoms with Crippen LogP contribution in [0.15, 0.2) is 15.3 Å². The Labute approximate surface area is 175 Å². The molecule has 162 valence electrons. The third-order valence-electron chi connectivity index (χ3n) is 6.02. The third kappa shape index (κ3) is 4.03. The molecule has 4 rings (SSSR count). The highest BCUT2D eigenvalue weighted by molar-refractivity contribution is 5.92. The molecular formula is C23H29NO6. The number of rotatable bonds is 5. The van der Waals surface area contributed by atoms with Crippen LogP contribution in [0, 0.1) is 13.8 Å². The Bertz CT molecular complexity index is 1030. The number of nitrogens with one attached hydrogen (secondary N) is 1. The summed E-state index contributed by atoms with van der Waals surface area (Å²) >= 11 is 0. The molecule has 3 heterocycles. The van der Waals surface area contributed by atoms with Gasteiger partial charge in [-0.3, -0.25) is 4.79 Å². The zero-order valence-corrected chi connectivity index (χ0v) is 18.1. The smallest absolute Gasteiger partial charge is 0.339 e. The lowest BCUT2D eigenvalue weighted by atomic mass is 9.92. The molecule has 0 spiro atoms. The predicted octanol–water partition coefficient (Wildman–Crippen LogP) is 3.19. The maximum absolute atomic E-state index is 12.3. The van der Waals surface area contributed by atoms with E-state index in [1.54, 1.807) is 6.92 Å². The van der Waals surface area contributed by atoms with Crippen molar-refractivity contribution in [1.82, 2.24) is 5.32 Å². The van der Waals surface area contributed by atoms with Gasteiger partial charge in [0.15, 0.2) is 6.61 Å². The zero-order valence-electron chi connectivity index (χ0n) is 18.1. The summed E-state index contributed by atoms with van der Waals surface area (Å²) in [6.45, 7) is 8.75. The van der Waals surface area contributed by atoms with E-state index in [0.717, 1.165) is 48.8 Å². The molecule has 0 radical (unpaired) electrons. The quantitative estimate of drug-likeness (QED) is 0.755. The van der Waals surface area contributed by atoms with E-state index in [4.69, 9.17) is 18.6 Å². The van der Waals surface area contributed by atoms with Gasteiger partial charge in [-0.1, -0.05) is 0 Å². The molecule has 0 bridgehead atoms. The Kier molecular flexibility index (Phi) is 5.49. The van der Waals surface area contributed by atoms with E-state index >= 15 is 0 Å². The maximum atomic E-state index is 12.3. The van der Waals surface area contributed by atoms with E-state index in [1.165, 1.54) is 0 Å². The number of aryl methyl sites for hydroxylation is 2. The molecule has 1 aromatic heterocycles. The van der Waals surface area contributed by atoms with Crippen molar-refractivity contribution in [2.24, 2.45) is 0 Å². The van der Waals surface area contributed by atoms with Gasteiger partial charge in [-0.05, 0) is 58.9 Å². The van der Waals surface area contributed by atoms with Crippen molar-refractivity contribution in [3.8, 4) is 11.5 Å². The molecule has 7 heteroatoms. The number of ether oxygens (including phenoxy) is 3. The minimum absolute atomic E-state index is 0.0772. The van der Waals surface area contributed by atoms with Crippen LogP contribution in [-0.4, -0.2) is 37.4 Å². The molecule has 2 aliphatic heterocycles. The number of benzene rings is 1. The van der Waals surface area contributed by atoms with Crippen LogP contribution in [0.1, 0.15) is 49.8 Å². The Morgan fingerprint density at radius 1 is 1.30 bits per heavy atom. The fraction of sp³-hybridized carbons (Fsp3) is 0.565. The second-order valence-corrected chi connectivity index (χ2v) is 8.78. The normalized spacial score (nSPS) is 19.9. The van der Waals surface area contributed by atoms with Gasteiger partial charge in [-0.15, -0.1) is 0 Å². The molecule has 0 saturated carbocycles. The van der Waals surface area contributed by atoms with Gasteiger partial charge < -0.3 is 23.9 Å². The molecule has 2 aromatic rings. The van der Waals surface area contributed by atoms with Crippen LogP contribution in [0.25, 0.3) is 11.0 Å². The van der Waals surface area contributed by atoms with Crippen LogP contribution in [0.2, 0.25) is 0 Å². The summed E-state index contributed by atoms with van der Waals surface area (Å²) in [5.74, 6) is 0.905. The summed E-state index contributed by atoms with van der Waals surface area (Å²) in [5.41, 5.74) is 2.01. The van der Waals surface area contributed by atoms with Gasteiger partial charge in [-0.25, -0.2) is 4.79 Å². The summed E-state index contributed by atoms with van der Waals surface area (Å²) in [7, 11) is 0. The van der Waals surface area contributed by atoms with Crippen molar-refractivity contribution in [1.29, 1.82) is 0 Å². The van der Waals surface area contributed by atoms with Crippen LogP contribution in [0.3, 0.4) is 0 Å². The summed E-state index contributed by atoms with van der Waals surface area (Å²) in [6, 6.07) is 1.82. The van der Waals surface area contributed by atoms with Gasteiger partial charge >= 0.3 is 5.63 Å². The first kappa shape index (κ1) is 20.7. The SMILES string of the molecule is Cc1c(C)c2c(OCC(=O)NC[C@@H]3CCCO3)cc3c(c2oc1=O)CCC(C)(C)O3. The molecule has 0 aliphatic carbocycles. The van der Waals surface area contributed by atoms with Crippen LogP contribution >= 0.6 is 0 Å². The second kappa shape index (κ2) is 7.95. The lowest BCUT2D eigenvalue weighted by Crippen LogP contribution is -2.35. The molecule has 1 atom stereocenters. The maximum Gasteiger partial charge on any atom is 0.339 e. The zero-order chi connectivity index (χ0) is 21.5. The Hall–Kier alpha value is -2.54. The molecule has 2 aliphatic rings. The molecule has 0 unspecified atom stereocenters. The summed E-state index contributed by atoms with van der Waals surface area (Å²) in [4.78, 5) is 24.6. The molecule has 7 nitrogen and oxygen atoms in total. The highest BCUT2D eigenvalue weighted by Gasteiger charge is 2.31. The summed E-state index contributed by atoms with van der Waals surface area (Å²) < 4.78 is 23.3. The molecule has 1 fully saturated rings.